The SMILES string of the molecule is CCN(c1ccc(C(=O)Nc2ccccc2CN2CCCC2C(N)=O)cc1)C(C)C. The highest BCUT2D eigenvalue weighted by Gasteiger charge is 2.29. The first kappa shape index (κ1) is 21.8. The average Bonchev–Trinajstić information content (AvgIpc) is 3.19. The number of carbonyl (C=O) groups is 2. The normalized spacial score (nSPS) is 16.6. The first-order chi connectivity index (χ1) is 14.4. The number of carbonyl (C=O) groups excluding carboxylic acids is 2. The van der Waals surface area contributed by atoms with Gasteiger partial charge in [0.1, 0.15) is 0 Å². The molecule has 1 fully saturated rings. The smallest absolute Gasteiger partial charge is 0.255 e. The Morgan fingerprint density at radius 2 is 1.87 bits per heavy atom. The lowest BCUT2D eigenvalue weighted by Crippen LogP contribution is -2.39. The van der Waals surface area contributed by atoms with E-state index in [1.807, 2.05) is 48.5 Å². The van der Waals surface area contributed by atoms with Gasteiger partial charge in [0.2, 0.25) is 5.91 Å². The number of nitrogens with two attached hydrogens (primary N) is 1. The van der Waals surface area contributed by atoms with Crippen LogP contribution in [-0.4, -0.2) is 41.9 Å². The van der Waals surface area contributed by atoms with E-state index in [1.165, 1.54) is 0 Å². The lowest BCUT2D eigenvalue weighted by molar-refractivity contribution is -0.122. The predicted molar refractivity (Wildman–Crippen MR) is 122 cm³/mol. The summed E-state index contributed by atoms with van der Waals surface area (Å²) in [4.78, 5) is 28.9. The van der Waals surface area contributed by atoms with Crippen LogP contribution in [0.3, 0.4) is 0 Å². The number of hydrogen-bond donors (Lipinski definition) is 2. The topological polar surface area (TPSA) is 78.7 Å². The number of hydrogen-bond acceptors (Lipinski definition) is 4. The fraction of sp³-hybridized carbons (Fsp3) is 0.417. The van der Waals surface area contributed by atoms with Gasteiger partial charge in [-0.2, -0.15) is 0 Å². The molecule has 0 bridgehead atoms. The molecule has 3 N–H and O–H groups in total. The van der Waals surface area contributed by atoms with Crippen molar-refractivity contribution in [1.82, 2.24) is 4.90 Å². The number of anilines is 2. The number of likely N-dealkylation sites (tertiary alicyclic amines) is 1. The lowest BCUT2D eigenvalue weighted by Gasteiger charge is -2.27. The predicted octanol–water partition coefficient (Wildman–Crippen LogP) is 3.62. The Morgan fingerprint density at radius 3 is 2.50 bits per heavy atom. The first-order valence-electron chi connectivity index (χ1n) is 10.7. The quantitative estimate of drug-likeness (QED) is 0.699. The van der Waals surface area contributed by atoms with E-state index in [4.69, 9.17) is 5.73 Å². The largest absolute Gasteiger partial charge is 0.369 e. The zero-order valence-electron chi connectivity index (χ0n) is 18.1. The molecule has 0 aliphatic carbocycles. The minimum Gasteiger partial charge on any atom is -0.369 e. The van der Waals surface area contributed by atoms with Crippen molar-refractivity contribution in [2.45, 2.75) is 52.2 Å². The monoisotopic (exact) mass is 408 g/mol. The number of benzene rings is 2. The van der Waals surface area contributed by atoms with Crippen LogP contribution in [0.25, 0.3) is 0 Å². The summed E-state index contributed by atoms with van der Waals surface area (Å²) in [7, 11) is 0. The maximum Gasteiger partial charge on any atom is 0.255 e. The molecule has 30 heavy (non-hydrogen) atoms. The lowest BCUT2D eigenvalue weighted by atomic mass is 10.1. The summed E-state index contributed by atoms with van der Waals surface area (Å²) in [5.74, 6) is -0.425. The van der Waals surface area contributed by atoms with E-state index >= 15 is 0 Å². The number of amides is 2. The molecule has 1 saturated heterocycles. The van der Waals surface area contributed by atoms with Gasteiger partial charge in [0.15, 0.2) is 0 Å². The minimum absolute atomic E-state index is 0.144. The standard InChI is InChI=1S/C24H32N4O2/c1-4-28(17(2)3)20-13-11-18(12-14-20)24(30)26-21-9-6-5-8-19(21)16-27-15-7-10-22(27)23(25)29/h5-6,8-9,11-14,17,22H,4,7,10,15-16H2,1-3H3,(H2,25,29)(H,26,30). The van der Waals surface area contributed by atoms with E-state index in [2.05, 4.69) is 35.9 Å². The minimum atomic E-state index is -0.281. The summed E-state index contributed by atoms with van der Waals surface area (Å²) in [6.45, 7) is 8.78. The van der Waals surface area contributed by atoms with Crippen molar-refractivity contribution in [2.24, 2.45) is 5.73 Å². The van der Waals surface area contributed by atoms with Crippen LogP contribution in [0.4, 0.5) is 11.4 Å². The number of primary amides is 1. The molecule has 6 heteroatoms. The summed E-state index contributed by atoms with van der Waals surface area (Å²) < 4.78 is 0. The van der Waals surface area contributed by atoms with Crippen molar-refractivity contribution in [3.63, 3.8) is 0 Å². The highest BCUT2D eigenvalue weighted by molar-refractivity contribution is 6.04. The fourth-order valence-electron chi connectivity index (χ4n) is 4.18. The van der Waals surface area contributed by atoms with Gasteiger partial charge in [-0.1, -0.05) is 18.2 Å². The van der Waals surface area contributed by atoms with Crippen molar-refractivity contribution in [1.29, 1.82) is 0 Å². The number of nitrogens with one attached hydrogen (secondary N) is 1. The molecule has 0 saturated carbocycles. The van der Waals surface area contributed by atoms with Crippen LogP contribution in [0.1, 0.15) is 49.5 Å². The maximum absolute atomic E-state index is 12.8. The highest BCUT2D eigenvalue weighted by atomic mass is 16.2. The molecule has 1 unspecified atom stereocenters. The fourth-order valence-corrected chi connectivity index (χ4v) is 4.18. The molecule has 1 aliphatic rings. The van der Waals surface area contributed by atoms with Crippen LogP contribution in [-0.2, 0) is 11.3 Å². The third kappa shape index (κ3) is 5.00. The van der Waals surface area contributed by atoms with E-state index in [0.29, 0.717) is 18.2 Å². The molecule has 6 nitrogen and oxygen atoms in total. The Morgan fingerprint density at radius 1 is 1.17 bits per heavy atom. The Bertz CT molecular complexity index is 879. The van der Waals surface area contributed by atoms with Crippen LogP contribution < -0.4 is 16.0 Å². The third-order valence-corrected chi connectivity index (χ3v) is 5.76. The van der Waals surface area contributed by atoms with Crippen LogP contribution in [0.5, 0.6) is 0 Å². The molecular formula is C24H32N4O2. The summed E-state index contributed by atoms with van der Waals surface area (Å²) in [6.07, 6.45) is 1.75. The molecule has 3 rings (SSSR count). The van der Waals surface area contributed by atoms with Gasteiger partial charge in [-0.3, -0.25) is 14.5 Å². The summed E-state index contributed by atoms with van der Waals surface area (Å²) >= 11 is 0. The van der Waals surface area contributed by atoms with Crippen LogP contribution in [0, 0.1) is 0 Å². The van der Waals surface area contributed by atoms with Gasteiger partial charge in [0.05, 0.1) is 6.04 Å². The zero-order valence-corrected chi connectivity index (χ0v) is 18.1. The van der Waals surface area contributed by atoms with Crippen LogP contribution >= 0.6 is 0 Å². The zero-order chi connectivity index (χ0) is 21.7. The third-order valence-electron chi connectivity index (χ3n) is 5.76. The number of para-hydroxylation sites is 1. The van der Waals surface area contributed by atoms with E-state index in [1.54, 1.807) is 0 Å². The Hall–Kier alpha value is -2.86. The maximum atomic E-state index is 12.8. The molecule has 1 atom stereocenters. The second-order valence-electron chi connectivity index (χ2n) is 8.07. The number of nitrogens with zero attached hydrogens (tertiary/aromatic N) is 2. The molecule has 1 heterocycles. The van der Waals surface area contributed by atoms with Gasteiger partial charge in [0.25, 0.3) is 5.91 Å². The molecular weight excluding hydrogens is 376 g/mol. The van der Waals surface area contributed by atoms with E-state index in [0.717, 1.165) is 42.9 Å². The van der Waals surface area contributed by atoms with Gasteiger partial charge in [0, 0.05) is 36.1 Å². The summed E-state index contributed by atoms with van der Waals surface area (Å²) in [5, 5.41) is 3.03. The van der Waals surface area contributed by atoms with Crippen molar-refractivity contribution >= 4 is 23.2 Å². The second kappa shape index (κ2) is 9.76. The van der Waals surface area contributed by atoms with Crippen LogP contribution in [0.15, 0.2) is 48.5 Å². The molecule has 160 valence electrons. The van der Waals surface area contributed by atoms with Gasteiger partial charge in [-0.25, -0.2) is 0 Å². The molecule has 2 aromatic carbocycles. The van der Waals surface area contributed by atoms with Gasteiger partial charge in [-0.05, 0) is 76.1 Å². The van der Waals surface area contributed by atoms with Crippen molar-refractivity contribution in [3.05, 3.63) is 59.7 Å². The van der Waals surface area contributed by atoms with Crippen molar-refractivity contribution in [3.8, 4) is 0 Å². The Labute approximate surface area is 179 Å². The van der Waals surface area contributed by atoms with Crippen molar-refractivity contribution in [2.75, 3.05) is 23.3 Å². The van der Waals surface area contributed by atoms with E-state index < -0.39 is 0 Å². The first-order valence-corrected chi connectivity index (χ1v) is 10.7. The van der Waals surface area contributed by atoms with Crippen LogP contribution in [0.2, 0.25) is 0 Å². The van der Waals surface area contributed by atoms with Gasteiger partial charge in [-0.15, -0.1) is 0 Å². The average molecular weight is 409 g/mol. The van der Waals surface area contributed by atoms with E-state index in [-0.39, 0.29) is 17.9 Å². The highest BCUT2D eigenvalue weighted by Crippen LogP contribution is 2.24. The number of rotatable bonds is 8. The van der Waals surface area contributed by atoms with Crippen molar-refractivity contribution < 1.29 is 9.59 Å². The van der Waals surface area contributed by atoms with Gasteiger partial charge < -0.3 is 16.0 Å². The molecule has 1 aliphatic heterocycles. The Kier molecular flexibility index (Phi) is 7.11. The van der Waals surface area contributed by atoms with E-state index in [9.17, 15) is 9.59 Å². The molecule has 0 spiro atoms. The summed E-state index contributed by atoms with van der Waals surface area (Å²) in [6, 6.07) is 15.6. The second-order valence-corrected chi connectivity index (χ2v) is 8.07. The van der Waals surface area contributed by atoms with Gasteiger partial charge >= 0.3 is 0 Å². The molecule has 0 radical (unpaired) electrons. The molecule has 2 amide bonds. The Balaban J connectivity index is 1.72. The molecule has 0 aromatic heterocycles. The molecule has 2 aromatic rings. The summed E-state index contributed by atoms with van der Waals surface area (Å²) in [5.41, 5.74) is 9.01.